The topological polar surface area (TPSA) is 97.4 Å². The number of hydrogen-bond donors (Lipinski definition) is 1. The molecular formula is C19H18F3N5O3. The molecule has 0 atom stereocenters. The van der Waals surface area contributed by atoms with Gasteiger partial charge in [-0.15, -0.1) is 20.4 Å². The fourth-order valence-corrected chi connectivity index (χ4v) is 3.17. The molecule has 8 nitrogen and oxygen atoms in total. The Morgan fingerprint density at radius 2 is 1.87 bits per heavy atom. The van der Waals surface area contributed by atoms with Gasteiger partial charge < -0.3 is 19.2 Å². The Labute approximate surface area is 169 Å². The van der Waals surface area contributed by atoms with Crippen LogP contribution in [0.25, 0.3) is 11.6 Å². The molecular weight excluding hydrogens is 403 g/mol. The smallest absolute Gasteiger partial charge is 0.416 e. The van der Waals surface area contributed by atoms with Crippen molar-refractivity contribution in [2.24, 2.45) is 0 Å². The van der Waals surface area contributed by atoms with Crippen LogP contribution < -0.4 is 9.64 Å². The highest BCUT2D eigenvalue weighted by Gasteiger charge is 2.31. The lowest BCUT2D eigenvalue weighted by atomic mass is 10.1. The van der Waals surface area contributed by atoms with E-state index in [2.05, 4.69) is 20.4 Å². The van der Waals surface area contributed by atoms with Gasteiger partial charge in [0.15, 0.2) is 5.82 Å². The van der Waals surface area contributed by atoms with Crippen LogP contribution in [0.3, 0.4) is 0 Å². The minimum Gasteiger partial charge on any atom is -0.490 e. The lowest BCUT2D eigenvalue weighted by Crippen LogP contribution is -2.38. The minimum absolute atomic E-state index is 0.0960. The lowest BCUT2D eigenvalue weighted by molar-refractivity contribution is -0.137. The second kappa shape index (κ2) is 8.27. The summed E-state index contributed by atoms with van der Waals surface area (Å²) >= 11 is 0. The van der Waals surface area contributed by atoms with Crippen LogP contribution in [0.4, 0.5) is 19.0 Å². The standard InChI is InChI=1S/C19H18F3N5O3/c20-19(21,22)12-2-1-3-14(10-12)29-13-6-8-27(9-7-13)16-5-4-15(23-24-16)18-26-25-17(11-28)30-18/h1-5,10,13,28H,6-9,11H2. The maximum atomic E-state index is 12.8. The maximum absolute atomic E-state index is 12.8. The summed E-state index contributed by atoms with van der Waals surface area (Å²) in [4.78, 5) is 2.02. The predicted octanol–water partition coefficient (Wildman–Crippen LogP) is 3.09. The van der Waals surface area contributed by atoms with Crippen molar-refractivity contribution in [2.45, 2.75) is 31.7 Å². The molecule has 0 bridgehead atoms. The Morgan fingerprint density at radius 1 is 1.07 bits per heavy atom. The summed E-state index contributed by atoms with van der Waals surface area (Å²) in [7, 11) is 0. The van der Waals surface area contributed by atoms with Crippen molar-refractivity contribution >= 4 is 5.82 Å². The summed E-state index contributed by atoms with van der Waals surface area (Å²) in [6, 6.07) is 8.40. The number of aliphatic hydroxyl groups excluding tert-OH is 1. The first-order valence-electron chi connectivity index (χ1n) is 9.28. The van der Waals surface area contributed by atoms with Gasteiger partial charge in [0.1, 0.15) is 24.2 Å². The highest BCUT2D eigenvalue weighted by atomic mass is 19.4. The number of ether oxygens (including phenoxy) is 1. The Morgan fingerprint density at radius 3 is 2.50 bits per heavy atom. The first-order valence-corrected chi connectivity index (χ1v) is 9.28. The van der Waals surface area contributed by atoms with Gasteiger partial charge in [-0.05, 0) is 30.3 Å². The van der Waals surface area contributed by atoms with Gasteiger partial charge in [0.05, 0.1) is 5.56 Å². The van der Waals surface area contributed by atoms with Gasteiger partial charge in [-0.2, -0.15) is 13.2 Å². The molecule has 30 heavy (non-hydrogen) atoms. The zero-order valence-corrected chi connectivity index (χ0v) is 15.7. The zero-order chi connectivity index (χ0) is 21.1. The molecule has 0 aliphatic carbocycles. The van der Waals surface area contributed by atoms with Gasteiger partial charge in [-0.1, -0.05) is 6.07 Å². The van der Waals surface area contributed by atoms with E-state index in [0.717, 1.165) is 12.1 Å². The van der Waals surface area contributed by atoms with E-state index in [9.17, 15) is 13.2 Å². The lowest BCUT2D eigenvalue weighted by Gasteiger charge is -2.32. The van der Waals surface area contributed by atoms with Gasteiger partial charge in [0.2, 0.25) is 5.89 Å². The molecule has 1 aliphatic rings. The van der Waals surface area contributed by atoms with Crippen molar-refractivity contribution in [3.8, 4) is 17.3 Å². The van der Waals surface area contributed by atoms with Crippen molar-refractivity contribution in [1.29, 1.82) is 0 Å². The largest absolute Gasteiger partial charge is 0.490 e. The normalized spacial score (nSPS) is 15.4. The van der Waals surface area contributed by atoms with Crippen molar-refractivity contribution in [3.63, 3.8) is 0 Å². The highest BCUT2D eigenvalue weighted by Crippen LogP contribution is 2.32. The maximum Gasteiger partial charge on any atom is 0.416 e. The molecule has 1 fully saturated rings. The minimum atomic E-state index is -4.39. The number of aliphatic hydroxyl groups is 1. The molecule has 0 amide bonds. The van der Waals surface area contributed by atoms with Crippen molar-refractivity contribution in [3.05, 3.63) is 47.9 Å². The molecule has 0 unspecified atom stereocenters. The van der Waals surface area contributed by atoms with Gasteiger partial charge in [0.25, 0.3) is 5.89 Å². The molecule has 3 heterocycles. The van der Waals surface area contributed by atoms with E-state index in [0.29, 0.717) is 37.4 Å². The molecule has 2 aromatic heterocycles. The third-order valence-corrected chi connectivity index (χ3v) is 4.70. The first kappa shape index (κ1) is 20.1. The Kier molecular flexibility index (Phi) is 5.53. The fourth-order valence-electron chi connectivity index (χ4n) is 3.17. The summed E-state index contributed by atoms with van der Waals surface area (Å²) in [6.45, 7) is 0.912. The number of aromatic nitrogens is 4. The molecule has 1 N–H and O–H groups in total. The zero-order valence-electron chi connectivity index (χ0n) is 15.7. The number of piperidine rings is 1. The molecule has 0 radical (unpaired) electrons. The SMILES string of the molecule is OCc1nnc(-c2ccc(N3CCC(Oc4cccc(C(F)(F)F)c4)CC3)nn2)o1. The third-order valence-electron chi connectivity index (χ3n) is 4.70. The Hall–Kier alpha value is -3.21. The second-order valence-electron chi connectivity index (χ2n) is 6.77. The van der Waals surface area contributed by atoms with E-state index in [1.54, 1.807) is 12.1 Å². The average Bonchev–Trinajstić information content (AvgIpc) is 3.23. The van der Waals surface area contributed by atoms with Crippen LogP contribution in [0.1, 0.15) is 24.3 Å². The number of halogens is 3. The van der Waals surface area contributed by atoms with E-state index in [1.165, 1.54) is 12.1 Å². The number of rotatable bonds is 5. The van der Waals surface area contributed by atoms with E-state index < -0.39 is 11.7 Å². The summed E-state index contributed by atoms with van der Waals surface area (Å²) in [5, 5.41) is 24.7. The quantitative estimate of drug-likeness (QED) is 0.671. The van der Waals surface area contributed by atoms with Gasteiger partial charge in [0, 0.05) is 25.9 Å². The average molecular weight is 421 g/mol. The van der Waals surface area contributed by atoms with Crippen LogP contribution in [0, 0.1) is 0 Å². The second-order valence-corrected chi connectivity index (χ2v) is 6.77. The first-order chi connectivity index (χ1) is 14.4. The van der Waals surface area contributed by atoms with Crippen molar-refractivity contribution in [1.82, 2.24) is 20.4 Å². The molecule has 158 valence electrons. The van der Waals surface area contributed by atoms with Crippen LogP contribution in [0.5, 0.6) is 5.75 Å². The molecule has 1 saturated heterocycles. The van der Waals surface area contributed by atoms with E-state index in [1.807, 2.05) is 4.90 Å². The molecule has 0 spiro atoms. The van der Waals surface area contributed by atoms with Crippen LogP contribution in [-0.4, -0.2) is 44.7 Å². The van der Waals surface area contributed by atoms with Crippen LogP contribution in [0.15, 0.2) is 40.8 Å². The van der Waals surface area contributed by atoms with E-state index >= 15 is 0 Å². The predicted molar refractivity (Wildman–Crippen MR) is 98.6 cm³/mol. The number of hydrogen-bond acceptors (Lipinski definition) is 8. The van der Waals surface area contributed by atoms with Crippen molar-refractivity contribution < 1.29 is 27.4 Å². The van der Waals surface area contributed by atoms with Gasteiger partial charge in [-0.3, -0.25) is 0 Å². The van der Waals surface area contributed by atoms with Crippen LogP contribution in [0.2, 0.25) is 0 Å². The number of nitrogens with zero attached hydrogens (tertiary/aromatic N) is 5. The van der Waals surface area contributed by atoms with Gasteiger partial charge in [-0.25, -0.2) is 0 Å². The van der Waals surface area contributed by atoms with Crippen LogP contribution >= 0.6 is 0 Å². The Bertz CT molecular complexity index is 986. The monoisotopic (exact) mass is 421 g/mol. The molecule has 11 heteroatoms. The third kappa shape index (κ3) is 4.51. The summed E-state index contributed by atoms with van der Waals surface area (Å²) < 4.78 is 49.5. The van der Waals surface area contributed by atoms with Crippen LogP contribution in [-0.2, 0) is 12.8 Å². The molecule has 1 aliphatic heterocycles. The summed E-state index contributed by atoms with van der Waals surface area (Å²) in [5.74, 6) is 1.15. The molecule has 3 aromatic rings. The number of alkyl halides is 3. The highest BCUT2D eigenvalue weighted by molar-refractivity contribution is 5.49. The number of benzene rings is 1. The van der Waals surface area contributed by atoms with E-state index in [4.69, 9.17) is 14.3 Å². The molecule has 4 rings (SSSR count). The number of anilines is 1. The Balaban J connectivity index is 1.34. The molecule has 1 aromatic carbocycles. The molecule has 0 saturated carbocycles. The van der Waals surface area contributed by atoms with Crippen molar-refractivity contribution in [2.75, 3.05) is 18.0 Å². The summed E-state index contributed by atoms with van der Waals surface area (Å²) in [5.41, 5.74) is -0.325. The summed E-state index contributed by atoms with van der Waals surface area (Å²) in [6.07, 6.45) is -3.28. The fraction of sp³-hybridized carbons (Fsp3) is 0.368. The van der Waals surface area contributed by atoms with Gasteiger partial charge >= 0.3 is 6.18 Å². The van der Waals surface area contributed by atoms with E-state index in [-0.39, 0.29) is 30.2 Å².